The molecule has 0 bridgehead atoms. The van der Waals surface area contributed by atoms with Crippen LogP contribution in [-0.2, 0) is 22.6 Å². The number of hydrogen-bond donors (Lipinski definition) is 0. The molecule has 0 unspecified atom stereocenters. The second kappa shape index (κ2) is 6.44. The van der Waals surface area contributed by atoms with Gasteiger partial charge >= 0.3 is 0 Å². The highest BCUT2D eigenvalue weighted by Crippen LogP contribution is 2.25. The van der Waals surface area contributed by atoms with Crippen LogP contribution in [0.5, 0.6) is 0 Å². The zero-order valence-corrected chi connectivity index (χ0v) is 13.2. The maximum absolute atomic E-state index is 12.9. The van der Waals surface area contributed by atoms with Crippen LogP contribution < -0.4 is 4.57 Å². The van der Waals surface area contributed by atoms with Gasteiger partial charge in [0.1, 0.15) is 13.1 Å². The summed E-state index contributed by atoms with van der Waals surface area (Å²) in [5.41, 5.74) is 1.78. The third-order valence-electron chi connectivity index (χ3n) is 4.00. The minimum Gasteiger partial charge on any atom is -0.381 e. The molecule has 1 aliphatic carbocycles. The predicted octanol–water partition coefficient (Wildman–Crippen LogP) is 0.844. The van der Waals surface area contributed by atoms with Gasteiger partial charge in [0.25, 0.3) is 0 Å². The molecule has 0 atom stereocenters. The third-order valence-corrected chi connectivity index (χ3v) is 4.00. The number of ether oxygens (including phenoxy) is 2. The number of rotatable bonds is 6. The van der Waals surface area contributed by atoms with Crippen molar-refractivity contribution in [3.8, 4) is 0 Å². The number of imidazole rings is 1. The maximum atomic E-state index is 12.9. The van der Waals surface area contributed by atoms with E-state index in [1.807, 2.05) is 0 Å². The normalized spacial score (nSPS) is 13.1. The number of ketones is 2. The molecular weight excluding hydrogens is 296 g/mol. The summed E-state index contributed by atoms with van der Waals surface area (Å²) in [7, 11) is 3.22. The molecule has 3 rings (SSSR count). The van der Waals surface area contributed by atoms with Crippen LogP contribution in [0.4, 0.5) is 0 Å². The van der Waals surface area contributed by atoms with Gasteiger partial charge in [-0.25, -0.2) is 9.13 Å². The lowest BCUT2D eigenvalue weighted by Crippen LogP contribution is -2.42. The first-order valence-electron chi connectivity index (χ1n) is 7.48. The van der Waals surface area contributed by atoms with E-state index in [0.717, 1.165) is 0 Å². The van der Waals surface area contributed by atoms with Crippen LogP contribution in [0.2, 0.25) is 0 Å². The fourth-order valence-corrected chi connectivity index (χ4v) is 2.88. The van der Waals surface area contributed by atoms with Gasteiger partial charge in [-0.3, -0.25) is 9.59 Å². The Morgan fingerprint density at radius 1 is 1.00 bits per heavy atom. The fourth-order valence-electron chi connectivity index (χ4n) is 2.88. The van der Waals surface area contributed by atoms with Crippen LogP contribution in [0.15, 0.2) is 30.6 Å². The van der Waals surface area contributed by atoms with Crippen molar-refractivity contribution in [1.29, 1.82) is 0 Å². The Bertz CT molecular complexity index is 702. The molecule has 0 saturated carbocycles. The molecule has 1 heterocycles. The molecular formula is C17H19N2O4+. The van der Waals surface area contributed by atoms with Crippen molar-refractivity contribution in [3.63, 3.8) is 0 Å². The summed E-state index contributed by atoms with van der Waals surface area (Å²) < 4.78 is 13.8. The standard InChI is InChI=1S/C17H19N2O4/c1-22-9-7-18-11-19(8-10-23-2)15-14(18)16(20)12-5-3-4-6-13(12)17(15)21/h3-6,11H,7-10H2,1-2H3/q+1. The molecule has 120 valence electrons. The fraction of sp³-hybridized carbons (Fsp3) is 0.353. The Kier molecular flexibility index (Phi) is 4.36. The number of aromatic nitrogens is 2. The highest BCUT2D eigenvalue weighted by Gasteiger charge is 2.40. The van der Waals surface area contributed by atoms with Crippen LogP contribution in [0.3, 0.4) is 0 Å². The van der Waals surface area contributed by atoms with E-state index in [1.165, 1.54) is 0 Å². The molecule has 0 aliphatic heterocycles. The highest BCUT2D eigenvalue weighted by molar-refractivity contribution is 6.26. The molecule has 6 nitrogen and oxygen atoms in total. The van der Waals surface area contributed by atoms with E-state index in [4.69, 9.17) is 9.47 Å². The lowest BCUT2D eigenvalue weighted by atomic mass is 9.90. The molecule has 2 aromatic rings. The summed E-state index contributed by atoms with van der Waals surface area (Å²) in [6, 6.07) is 6.95. The monoisotopic (exact) mass is 315 g/mol. The first-order valence-corrected chi connectivity index (χ1v) is 7.48. The lowest BCUT2D eigenvalue weighted by molar-refractivity contribution is -0.699. The van der Waals surface area contributed by atoms with Crippen LogP contribution in [0.25, 0.3) is 0 Å². The Hall–Kier alpha value is -2.31. The van der Waals surface area contributed by atoms with Crippen LogP contribution >= 0.6 is 0 Å². The molecule has 1 aromatic carbocycles. The summed E-state index contributed by atoms with van der Waals surface area (Å²) in [6.45, 7) is 1.96. The van der Waals surface area contributed by atoms with Gasteiger partial charge in [0.2, 0.25) is 29.3 Å². The van der Waals surface area contributed by atoms with Crippen molar-refractivity contribution in [2.24, 2.45) is 0 Å². The van der Waals surface area contributed by atoms with Gasteiger partial charge in [-0.2, -0.15) is 0 Å². The first-order chi connectivity index (χ1) is 11.2. The van der Waals surface area contributed by atoms with E-state index in [2.05, 4.69) is 0 Å². The molecule has 0 amide bonds. The Labute approximate surface area is 134 Å². The third kappa shape index (κ3) is 2.60. The number of benzene rings is 1. The van der Waals surface area contributed by atoms with Gasteiger partial charge in [0.15, 0.2) is 0 Å². The average Bonchev–Trinajstić information content (AvgIpc) is 2.95. The Morgan fingerprint density at radius 3 is 2.30 bits per heavy atom. The van der Waals surface area contributed by atoms with Gasteiger partial charge in [-0.05, 0) is 0 Å². The van der Waals surface area contributed by atoms with Crippen LogP contribution in [0.1, 0.15) is 32.1 Å². The number of carbonyl (C=O) groups excluding carboxylic acids is 2. The summed E-state index contributed by atoms with van der Waals surface area (Å²) in [4.78, 5) is 25.7. The van der Waals surface area contributed by atoms with Crippen molar-refractivity contribution >= 4 is 11.6 Å². The first kappa shape index (κ1) is 15.6. The molecule has 0 saturated heterocycles. The van der Waals surface area contributed by atoms with Gasteiger partial charge in [-0.15, -0.1) is 0 Å². The second-order valence-electron chi connectivity index (χ2n) is 5.39. The number of methoxy groups -OCH3 is 2. The SMILES string of the molecule is COCCn1c[n+](CCOC)c2c1C(=O)c1ccccc1C2=O. The summed E-state index contributed by atoms with van der Waals surface area (Å²) in [5.74, 6) is -0.245. The topological polar surface area (TPSA) is 61.4 Å². The van der Waals surface area contributed by atoms with Crippen molar-refractivity contribution in [1.82, 2.24) is 4.57 Å². The van der Waals surface area contributed by atoms with Gasteiger partial charge in [-0.1, -0.05) is 24.3 Å². The summed E-state index contributed by atoms with van der Waals surface area (Å²) in [5, 5.41) is 0. The molecule has 1 aliphatic rings. The van der Waals surface area contributed by atoms with Crippen LogP contribution in [-0.4, -0.2) is 43.6 Å². The van der Waals surface area contributed by atoms with E-state index in [9.17, 15) is 9.59 Å². The molecule has 0 N–H and O–H groups in total. The number of hydrogen-bond acceptors (Lipinski definition) is 4. The van der Waals surface area contributed by atoms with Gasteiger partial charge in [0, 0.05) is 25.3 Å². The maximum Gasteiger partial charge on any atom is 0.245 e. The second-order valence-corrected chi connectivity index (χ2v) is 5.39. The van der Waals surface area contributed by atoms with Crippen LogP contribution in [0, 0.1) is 0 Å². The molecule has 1 aromatic heterocycles. The van der Waals surface area contributed by atoms with E-state index >= 15 is 0 Å². The molecule has 0 spiro atoms. The van der Waals surface area contributed by atoms with E-state index < -0.39 is 0 Å². The van der Waals surface area contributed by atoms with Crippen molar-refractivity contribution < 1.29 is 23.6 Å². The number of nitrogens with zero attached hydrogens (tertiary/aromatic N) is 2. The molecule has 0 radical (unpaired) electrons. The minimum atomic E-state index is -0.123. The molecule has 23 heavy (non-hydrogen) atoms. The zero-order chi connectivity index (χ0) is 16.4. The highest BCUT2D eigenvalue weighted by atomic mass is 16.5. The van der Waals surface area contributed by atoms with E-state index in [-0.39, 0.29) is 11.6 Å². The number of fused-ring (bicyclic) bond motifs is 2. The quantitative estimate of drug-likeness (QED) is 0.633. The van der Waals surface area contributed by atoms with E-state index in [1.54, 1.807) is 53.9 Å². The lowest BCUT2D eigenvalue weighted by Gasteiger charge is -2.12. The van der Waals surface area contributed by atoms with Crippen molar-refractivity contribution in [2.75, 3.05) is 27.4 Å². The van der Waals surface area contributed by atoms with Crippen molar-refractivity contribution in [2.45, 2.75) is 13.1 Å². The summed E-state index contributed by atoms with van der Waals surface area (Å²) >= 11 is 0. The zero-order valence-electron chi connectivity index (χ0n) is 13.2. The van der Waals surface area contributed by atoms with E-state index in [0.29, 0.717) is 48.8 Å². The minimum absolute atomic E-state index is 0.123. The van der Waals surface area contributed by atoms with Gasteiger partial charge in [0.05, 0.1) is 13.2 Å². The Morgan fingerprint density at radius 2 is 1.65 bits per heavy atom. The average molecular weight is 315 g/mol. The van der Waals surface area contributed by atoms with Crippen molar-refractivity contribution in [3.05, 3.63) is 53.1 Å². The molecule has 0 fully saturated rings. The number of carbonyl (C=O) groups is 2. The smallest absolute Gasteiger partial charge is 0.245 e. The largest absolute Gasteiger partial charge is 0.381 e. The summed E-state index contributed by atoms with van der Waals surface area (Å²) in [6.07, 6.45) is 1.80. The van der Waals surface area contributed by atoms with Gasteiger partial charge < -0.3 is 9.47 Å². The predicted molar refractivity (Wildman–Crippen MR) is 81.7 cm³/mol. The molecule has 6 heteroatoms. The Balaban J connectivity index is 2.13.